The third-order valence-electron chi connectivity index (χ3n) is 8.05. The van der Waals surface area contributed by atoms with E-state index in [0.717, 1.165) is 30.4 Å². The number of sulfonamides is 1. The fourth-order valence-electron chi connectivity index (χ4n) is 6.34. The third-order valence-corrected chi connectivity index (χ3v) is 9.97. The van der Waals surface area contributed by atoms with Crippen LogP contribution in [0.5, 0.6) is 0 Å². The van der Waals surface area contributed by atoms with Crippen LogP contribution in [0, 0.1) is 17.8 Å². The molecule has 2 aliphatic carbocycles. The minimum absolute atomic E-state index is 0.0367. The maximum absolute atomic E-state index is 13.6. The number of nitrogens with one attached hydrogen (secondary N) is 1. The molecule has 0 unspecified atom stereocenters. The minimum Gasteiger partial charge on any atom is -0.399 e. The second-order valence-corrected chi connectivity index (χ2v) is 12.0. The van der Waals surface area contributed by atoms with Gasteiger partial charge in [-0.2, -0.15) is 4.31 Å². The van der Waals surface area contributed by atoms with Crippen LogP contribution in [0.1, 0.15) is 32.1 Å². The van der Waals surface area contributed by atoms with Gasteiger partial charge in [-0.25, -0.2) is 8.42 Å². The first-order valence-electron chi connectivity index (χ1n) is 12.6. The van der Waals surface area contributed by atoms with E-state index in [2.05, 4.69) is 10.5 Å². The molecule has 8 nitrogen and oxygen atoms in total. The van der Waals surface area contributed by atoms with E-state index in [-0.39, 0.29) is 42.3 Å². The summed E-state index contributed by atoms with van der Waals surface area (Å²) < 4.78 is 28.6. The van der Waals surface area contributed by atoms with Gasteiger partial charge in [0.2, 0.25) is 15.9 Å². The molecule has 1 amide bonds. The van der Waals surface area contributed by atoms with Crippen LogP contribution in [0.4, 0.5) is 0 Å². The van der Waals surface area contributed by atoms with Crippen LogP contribution >= 0.6 is 0 Å². The van der Waals surface area contributed by atoms with Crippen LogP contribution in [-0.2, 0) is 19.7 Å². The number of hydrogen-bond donors (Lipinski definition) is 2. The zero-order valence-electron chi connectivity index (χ0n) is 20.4. The largest absolute Gasteiger partial charge is 0.399 e. The second kappa shape index (κ2) is 10.3. The minimum atomic E-state index is -3.86. The quantitative estimate of drug-likeness (QED) is 0.530. The highest BCUT2D eigenvalue weighted by atomic mass is 32.2. The lowest BCUT2D eigenvalue weighted by Crippen LogP contribution is -2.47. The van der Waals surface area contributed by atoms with E-state index < -0.39 is 16.1 Å². The average molecular weight is 512 g/mol. The van der Waals surface area contributed by atoms with Crippen molar-refractivity contribution in [2.75, 3.05) is 20.3 Å². The molecule has 5 atom stereocenters. The fourth-order valence-corrected chi connectivity index (χ4v) is 7.95. The first kappa shape index (κ1) is 24.9. The molecular weight excluding hydrogens is 478 g/mol. The third kappa shape index (κ3) is 4.79. The van der Waals surface area contributed by atoms with Gasteiger partial charge in [0.25, 0.3) is 0 Å². The lowest BCUT2D eigenvalue weighted by molar-refractivity contribution is -0.123. The Kier molecular flexibility index (Phi) is 7.14. The van der Waals surface area contributed by atoms with Gasteiger partial charge in [0.15, 0.2) is 0 Å². The number of amides is 1. The van der Waals surface area contributed by atoms with Gasteiger partial charge in [-0.1, -0.05) is 47.6 Å². The highest BCUT2D eigenvalue weighted by molar-refractivity contribution is 7.89. The molecule has 2 aromatic carbocycles. The van der Waals surface area contributed by atoms with Crippen LogP contribution in [0.25, 0.3) is 11.1 Å². The average Bonchev–Trinajstić information content (AvgIpc) is 3.60. The highest BCUT2D eigenvalue weighted by Crippen LogP contribution is 2.48. The highest BCUT2D eigenvalue weighted by Gasteiger charge is 2.48. The Bertz CT molecular complexity index is 1220. The van der Waals surface area contributed by atoms with Gasteiger partial charge in [-0.3, -0.25) is 4.79 Å². The van der Waals surface area contributed by atoms with Crippen LogP contribution in [0.15, 0.2) is 64.6 Å². The number of hydrogen-bond acceptors (Lipinski definition) is 6. The predicted octanol–water partition coefficient (Wildman–Crippen LogP) is 3.03. The molecule has 2 bridgehead atoms. The number of aliphatic hydroxyl groups is 1. The van der Waals surface area contributed by atoms with Gasteiger partial charge in [0.05, 0.1) is 17.2 Å². The predicted molar refractivity (Wildman–Crippen MR) is 137 cm³/mol. The molecule has 1 saturated heterocycles. The van der Waals surface area contributed by atoms with E-state index in [1.54, 1.807) is 24.3 Å². The molecule has 1 heterocycles. The van der Waals surface area contributed by atoms with Gasteiger partial charge in [-0.05, 0) is 54.4 Å². The molecule has 192 valence electrons. The van der Waals surface area contributed by atoms with Crippen molar-refractivity contribution in [1.29, 1.82) is 0 Å². The Morgan fingerprint density at radius 3 is 2.47 bits per heavy atom. The summed E-state index contributed by atoms with van der Waals surface area (Å²) in [6.07, 6.45) is 3.60. The van der Waals surface area contributed by atoms with Gasteiger partial charge in [-0.15, -0.1) is 0 Å². The van der Waals surface area contributed by atoms with Crippen LogP contribution in [-0.4, -0.2) is 61.8 Å². The lowest BCUT2D eigenvalue weighted by Gasteiger charge is -2.31. The summed E-state index contributed by atoms with van der Waals surface area (Å²) in [4.78, 5) is 18.2. The van der Waals surface area contributed by atoms with Crippen molar-refractivity contribution >= 4 is 21.6 Å². The Labute approximate surface area is 212 Å². The maximum Gasteiger partial charge on any atom is 0.243 e. The Balaban J connectivity index is 1.33. The number of benzene rings is 2. The Morgan fingerprint density at radius 2 is 1.78 bits per heavy atom. The summed E-state index contributed by atoms with van der Waals surface area (Å²) in [6, 6.07) is 16.0. The van der Waals surface area contributed by atoms with E-state index in [4.69, 9.17) is 4.84 Å². The number of carbonyl (C=O) groups is 1. The standard InChI is InChI=1S/C27H33N3O5S/c1-35-29-22-14-23(15-26(32)28-27-21-8-7-20(13-21)25(27)17-31)30(16-22)36(33,34)24-11-9-19(10-12-24)18-5-3-2-4-6-18/h2-6,9-12,20-21,23,25,27,31H,7-8,13-17H2,1H3,(H,28,32)/t20-,21+,23-,25+,27-/m0/s1. The van der Waals surface area contributed by atoms with Crippen molar-refractivity contribution in [3.63, 3.8) is 0 Å². The molecule has 9 heteroatoms. The van der Waals surface area contributed by atoms with Crippen molar-refractivity contribution in [3.05, 3.63) is 54.6 Å². The summed E-state index contributed by atoms with van der Waals surface area (Å²) in [5.74, 6) is 0.764. The second-order valence-electron chi connectivity index (χ2n) is 10.1. The summed E-state index contributed by atoms with van der Waals surface area (Å²) in [5, 5.41) is 17.0. The van der Waals surface area contributed by atoms with Gasteiger partial charge < -0.3 is 15.3 Å². The first-order chi connectivity index (χ1) is 17.4. The molecule has 0 aromatic heterocycles. The lowest BCUT2D eigenvalue weighted by atomic mass is 9.85. The van der Waals surface area contributed by atoms with Crippen molar-refractivity contribution in [1.82, 2.24) is 9.62 Å². The van der Waals surface area contributed by atoms with Crippen LogP contribution in [0.2, 0.25) is 0 Å². The molecule has 2 saturated carbocycles. The molecule has 3 fully saturated rings. The first-order valence-corrected chi connectivity index (χ1v) is 14.0. The molecule has 0 radical (unpaired) electrons. The molecule has 36 heavy (non-hydrogen) atoms. The van der Waals surface area contributed by atoms with Gasteiger partial charge in [0.1, 0.15) is 7.11 Å². The van der Waals surface area contributed by atoms with E-state index in [0.29, 0.717) is 24.0 Å². The molecule has 5 rings (SSSR count). The van der Waals surface area contributed by atoms with E-state index in [1.807, 2.05) is 30.3 Å². The maximum atomic E-state index is 13.6. The number of fused-ring (bicyclic) bond motifs is 2. The van der Waals surface area contributed by atoms with E-state index in [9.17, 15) is 18.3 Å². The molecule has 3 aliphatic rings. The topological polar surface area (TPSA) is 108 Å². The summed E-state index contributed by atoms with van der Waals surface area (Å²) >= 11 is 0. The van der Waals surface area contributed by atoms with Crippen molar-refractivity contribution in [3.8, 4) is 11.1 Å². The number of carbonyl (C=O) groups excluding carboxylic acids is 1. The molecule has 1 aliphatic heterocycles. The zero-order chi connectivity index (χ0) is 25.3. The Morgan fingerprint density at radius 1 is 1.08 bits per heavy atom. The van der Waals surface area contributed by atoms with Crippen molar-refractivity contribution < 1.29 is 23.2 Å². The molecule has 0 spiro atoms. The van der Waals surface area contributed by atoms with Crippen LogP contribution < -0.4 is 5.32 Å². The number of oxime groups is 1. The summed E-state index contributed by atoms with van der Waals surface area (Å²) in [6.45, 7) is 0.154. The van der Waals surface area contributed by atoms with Gasteiger partial charge in [0, 0.05) is 37.5 Å². The van der Waals surface area contributed by atoms with Gasteiger partial charge >= 0.3 is 0 Å². The number of rotatable bonds is 8. The summed E-state index contributed by atoms with van der Waals surface area (Å²) in [5.41, 5.74) is 2.53. The fraction of sp³-hybridized carbons (Fsp3) is 0.481. The number of nitrogens with zero attached hydrogens (tertiary/aromatic N) is 2. The van der Waals surface area contributed by atoms with E-state index >= 15 is 0 Å². The van der Waals surface area contributed by atoms with E-state index in [1.165, 1.54) is 11.4 Å². The van der Waals surface area contributed by atoms with Crippen LogP contribution in [0.3, 0.4) is 0 Å². The van der Waals surface area contributed by atoms with Crippen molar-refractivity contribution in [2.24, 2.45) is 22.9 Å². The molecule has 2 aromatic rings. The smallest absolute Gasteiger partial charge is 0.243 e. The Hall–Kier alpha value is -2.75. The molecule has 2 N–H and O–H groups in total. The SMILES string of the molecule is CON=C1C[C@@H](CC(=O)N[C@H]2[C@@H]3CC[C@@H](C3)[C@H]2CO)N(S(=O)(=O)c2ccc(-c3ccccc3)cc2)C1. The summed E-state index contributed by atoms with van der Waals surface area (Å²) in [7, 11) is -2.43. The van der Waals surface area contributed by atoms with Crippen molar-refractivity contribution in [2.45, 2.75) is 49.1 Å². The zero-order valence-corrected chi connectivity index (χ0v) is 21.2. The molecular formula is C27H33N3O5S. The monoisotopic (exact) mass is 511 g/mol. The number of aliphatic hydroxyl groups excluding tert-OH is 1. The normalized spacial score (nSPS) is 29.1.